The first-order valence-corrected chi connectivity index (χ1v) is 9.24. The fraction of sp³-hybridized carbons (Fsp3) is 0.762. The van der Waals surface area contributed by atoms with E-state index < -0.39 is 0 Å². The number of rotatable bonds is 0. The van der Waals surface area contributed by atoms with Crippen molar-refractivity contribution in [2.75, 3.05) is 0 Å². The Kier molecular flexibility index (Phi) is 3.30. The van der Waals surface area contributed by atoms with E-state index in [1.165, 1.54) is 31.3 Å². The number of carbonyl (C=O) groups is 1. The van der Waals surface area contributed by atoms with Crippen molar-refractivity contribution in [1.82, 2.24) is 0 Å². The second-order valence-corrected chi connectivity index (χ2v) is 8.70. The second kappa shape index (κ2) is 4.98. The van der Waals surface area contributed by atoms with E-state index in [1.807, 2.05) is 6.08 Å². The summed E-state index contributed by atoms with van der Waals surface area (Å²) in [5.74, 6) is 7.88. The molecular weight excluding hydrogens is 268 g/mol. The van der Waals surface area contributed by atoms with Gasteiger partial charge in [0.25, 0.3) is 0 Å². The predicted molar refractivity (Wildman–Crippen MR) is 89.0 cm³/mol. The summed E-state index contributed by atoms with van der Waals surface area (Å²) in [7, 11) is 0. The van der Waals surface area contributed by atoms with Gasteiger partial charge in [-0.1, -0.05) is 19.4 Å². The third kappa shape index (κ3) is 1.89. The number of terminal acetylenes is 1. The van der Waals surface area contributed by atoms with Crippen molar-refractivity contribution in [3.05, 3.63) is 11.6 Å². The lowest BCUT2D eigenvalue weighted by Crippen LogP contribution is -2.49. The van der Waals surface area contributed by atoms with E-state index in [0.717, 1.165) is 42.9 Å². The van der Waals surface area contributed by atoms with Crippen LogP contribution in [0, 0.1) is 53.3 Å². The van der Waals surface area contributed by atoms with Gasteiger partial charge in [0.2, 0.25) is 0 Å². The monoisotopic (exact) mass is 296 g/mol. The molecule has 4 aliphatic rings. The second-order valence-electron chi connectivity index (χ2n) is 8.70. The van der Waals surface area contributed by atoms with Gasteiger partial charge in [0.1, 0.15) is 0 Å². The van der Waals surface area contributed by atoms with Gasteiger partial charge in [-0.3, -0.25) is 4.79 Å². The Labute approximate surface area is 134 Å². The lowest BCUT2D eigenvalue weighted by atomic mass is 9.49. The van der Waals surface area contributed by atoms with Gasteiger partial charge in [0.15, 0.2) is 5.78 Å². The van der Waals surface area contributed by atoms with Crippen LogP contribution in [0.1, 0.15) is 58.8 Å². The molecule has 1 nitrogen and oxygen atoms in total. The molecule has 0 aliphatic heterocycles. The first-order chi connectivity index (χ1) is 10.5. The molecule has 22 heavy (non-hydrogen) atoms. The van der Waals surface area contributed by atoms with Crippen LogP contribution in [-0.4, -0.2) is 5.78 Å². The van der Waals surface area contributed by atoms with Crippen LogP contribution in [0.15, 0.2) is 11.6 Å². The van der Waals surface area contributed by atoms with E-state index in [4.69, 9.17) is 6.42 Å². The molecule has 0 N–H and O–H groups in total. The lowest BCUT2D eigenvalue weighted by Gasteiger charge is -2.55. The van der Waals surface area contributed by atoms with Gasteiger partial charge in [-0.25, -0.2) is 0 Å². The van der Waals surface area contributed by atoms with Gasteiger partial charge in [-0.15, -0.1) is 12.3 Å². The summed E-state index contributed by atoms with van der Waals surface area (Å²) in [6, 6.07) is 0. The number of hydrogen-bond donors (Lipinski definition) is 0. The molecule has 0 heterocycles. The Bertz CT molecular complexity index is 565. The van der Waals surface area contributed by atoms with Crippen LogP contribution in [0.3, 0.4) is 0 Å². The molecular formula is C21H28O. The highest BCUT2D eigenvalue weighted by molar-refractivity contribution is 5.91. The van der Waals surface area contributed by atoms with Gasteiger partial charge in [-0.05, 0) is 79.6 Å². The molecule has 0 aromatic heterocycles. The highest BCUT2D eigenvalue weighted by atomic mass is 16.1. The summed E-state index contributed by atoms with van der Waals surface area (Å²) >= 11 is 0. The molecule has 0 saturated heterocycles. The van der Waals surface area contributed by atoms with Gasteiger partial charge in [0.05, 0.1) is 0 Å². The van der Waals surface area contributed by atoms with Crippen LogP contribution in [0.4, 0.5) is 0 Å². The summed E-state index contributed by atoms with van der Waals surface area (Å²) in [5, 5.41) is 0. The molecule has 0 aromatic rings. The Morgan fingerprint density at radius 1 is 1.27 bits per heavy atom. The molecule has 3 saturated carbocycles. The van der Waals surface area contributed by atoms with E-state index >= 15 is 0 Å². The summed E-state index contributed by atoms with van der Waals surface area (Å²) < 4.78 is 0. The highest BCUT2D eigenvalue weighted by Gasteiger charge is 2.57. The first kappa shape index (κ1) is 14.6. The molecule has 118 valence electrons. The topological polar surface area (TPSA) is 17.1 Å². The predicted octanol–water partition coefficient (Wildman–Crippen LogP) is 4.62. The Balaban J connectivity index is 1.68. The quantitative estimate of drug-likeness (QED) is 0.596. The van der Waals surface area contributed by atoms with E-state index in [-0.39, 0.29) is 0 Å². The Morgan fingerprint density at radius 3 is 2.86 bits per heavy atom. The van der Waals surface area contributed by atoms with Crippen LogP contribution in [-0.2, 0) is 4.79 Å². The zero-order valence-corrected chi connectivity index (χ0v) is 14.0. The minimum atomic E-state index is 0.366. The maximum absolute atomic E-state index is 11.8. The minimum Gasteiger partial charge on any atom is -0.295 e. The fourth-order valence-corrected chi connectivity index (χ4v) is 6.86. The van der Waals surface area contributed by atoms with Crippen molar-refractivity contribution in [1.29, 1.82) is 0 Å². The molecule has 1 heteroatoms. The van der Waals surface area contributed by atoms with Crippen molar-refractivity contribution in [2.24, 2.45) is 40.9 Å². The summed E-state index contributed by atoms with van der Waals surface area (Å²) in [5.41, 5.74) is 1.87. The van der Waals surface area contributed by atoms with Gasteiger partial charge < -0.3 is 0 Å². The average Bonchev–Trinajstić information content (AvgIpc) is 2.83. The molecule has 4 aliphatic carbocycles. The molecule has 0 bridgehead atoms. The van der Waals surface area contributed by atoms with Crippen molar-refractivity contribution in [3.63, 3.8) is 0 Å². The molecule has 3 fully saturated rings. The van der Waals surface area contributed by atoms with Crippen LogP contribution in [0.25, 0.3) is 0 Å². The standard InChI is InChI=1S/C21H28O/c1-4-15-5-8-19-20-13(2)11-14-12-16(22)6-7-17(14)18(20)9-10-21(15,19)3/h1,12-13,15,17-20H,5-11H2,2-3H3/t13-,15?,17-,18-,19+,20+,21+/m0/s1. The van der Waals surface area contributed by atoms with E-state index in [0.29, 0.717) is 23.0 Å². The molecule has 0 amide bonds. The Morgan fingerprint density at radius 2 is 2.09 bits per heavy atom. The zero-order valence-electron chi connectivity index (χ0n) is 14.0. The molecule has 4 rings (SSSR count). The average molecular weight is 296 g/mol. The van der Waals surface area contributed by atoms with Crippen molar-refractivity contribution in [2.45, 2.75) is 58.8 Å². The lowest BCUT2D eigenvalue weighted by molar-refractivity contribution is -0.116. The summed E-state index contributed by atoms with van der Waals surface area (Å²) in [6.07, 6.45) is 16.1. The number of allylic oxidation sites excluding steroid dienone is 1. The molecule has 0 radical (unpaired) electrons. The Hall–Kier alpha value is -1.03. The van der Waals surface area contributed by atoms with Gasteiger partial charge >= 0.3 is 0 Å². The smallest absolute Gasteiger partial charge is 0.155 e. The first-order valence-electron chi connectivity index (χ1n) is 9.24. The van der Waals surface area contributed by atoms with Gasteiger partial charge in [-0.2, -0.15) is 0 Å². The van der Waals surface area contributed by atoms with E-state index in [9.17, 15) is 4.79 Å². The van der Waals surface area contributed by atoms with Crippen molar-refractivity contribution >= 4 is 5.78 Å². The largest absolute Gasteiger partial charge is 0.295 e. The number of ketones is 1. The third-order valence-electron chi connectivity index (χ3n) is 7.84. The fourth-order valence-electron chi connectivity index (χ4n) is 6.86. The van der Waals surface area contributed by atoms with Crippen molar-refractivity contribution in [3.8, 4) is 12.3 Å². The van der Waals surface area contributed by atoms with Crippen molar-refractivity contribution < 1.29 is 4.79 Å². The van der Waals surface area contributed by atoms with Crippen LogP contribution in [0.2, 0.25) is 0 Å². The van der Waals surface area contributed by atoms with E-state index in [2.05, 4.69) is 19.8 Å². The zero-order chi connectivity index (χ0) is 15.5. The van der Waals surface area contributed by atoms with Crippen LogP contribution in [0.5, 0.6) is 0 Å². The highest BCUT2D eigenvalue weighted by Crippen LogP contribution is 2.64. The molecule has 1 unspecified atom stereocenters. The third-order valence-corrected chi connectivity index (χ3v) is 7.84. The summed E-state index contributed by atoms with van der Waals surface area (Å²) in [6.45, 7) is 4.91. The molecule has 7 atom stereocenters. The summed E-state index contributed by atoms with van der Waals surface area (Å²) in [4.78, 5) is 11.8. The molecule has 0 spiro atoms. The normalized spacial score (nSPS) is 50.4. The van der Waals surface area contributed by atoms with Gasteiger partial charge in [0, 0.05) is 12.3 Å². The number of fused-ring (bicyclic) bond motifs is 5. The van der Waals surface area contributed by atoms with Crippen LogP contribution >= 0.6 is 0 Å². The number of carbonyl (C=O) groups excluding carboxylic acids is 1. The maximum atomic E-state index is 11.8. The molecule has 0 aromatic carbocycles. The SMILES string of the molecule is C#CC1CC[C@@H]2[C@H]3[C@@H](CC[C@]12C)[C@H]1CCC(=O)C=C1C[C@@H]3C. The minimum absolute atomic E-state index is 0.366. The maximum Gasteiger partial charge on any atom is 0.155 e. The number of hydrogen-bond acceptors (Lipinski definition) is 1. The van der Waals surface area contributed by atoms with Crippen LogP contribution < -0.4 is 0 Å². The van der Waals surface area contributed by atoms with E-state index in [1.54, 1.807) is 0 Å².